The highest BCUT2D eigenvalue weighted by Crippen LogP contribution is 2.10. The lowest BCUT2D eigenvalue weighted by Crippen LogP contribution is -2.53. The number of thiol groups is 1. The zero-order valence-corrected chi connectivity index (χ0v) is 13.7. The lowest BCUT2D eigenvalue weighted by atomic mass is 9.98. The molecule has 0 saturated carbocycles. The molecular formula is C11H23N3O5S2. The quantitative estimate of drug-likeness (QED) is 0.265. The summed E-state index contributed by atoms with van der Waals surface area (Å²) in [6, 6.07) is -1.73. The summed E-state index contributed by atoms with van der Waals surface area (Å²) in [6.45, 7) is 3.62. The second-order valence-corrected chi connectivity index (χ2v) is 7.09. The average molecular weight is 341 g/mol. The zero-order valence-electron chi connectivity index (χ0n) is 12.0. The fraction of sp³-hybridized carbons (Fsp3) is 0.818. The molecule has 0 heterocycles. The van der Waals surface area contributed by atoms with Gasteiger partial charge in [-0.1, -0.05) is 20.3 Å². The van der Waals surface area contributed by atoms with Crippen LogP contribution in [0.15, 0.2) is 0 Å². The second kappa shape index (κ2) is 8.57. The Balaban J connectivity index is 4.65. The maximum atomic E-state index is 12.0. The molecule has 2 amide bonds. The minimum absolute atomic E-state index is 0.134. The third kappa shape index (κ3) is 7.65. The minimum Gasteiger partial charge on any atom is -0.368 e. The molecule has 4 atom stereocenters. The van der Waals surface area contributed by atoms with E-state index in [-0.39, 0.29) is 12.3 Å². The van der Waals surface area contributed by atoms with E-state index in [0.717, 1.165) is 0 Å². The highest BCUT2D eigenvalue weighted by molar-refractivity contribution is 7.85. The van der Waals surface area contributed by atoms with Gasteiger partial charge in [0.1, 0.15) is 6.04 Å². The minimum atomic E-state index is -4.15. The summed E-state index contributed by atoms with van der Waals surface area (Å²) in [4.78, 5) is 23.3. The number of hydrogen-bond donors (Lipinski definition) is 5. The van der Waals surface area contributed by atoms with Crippen LogP contribution in [-0.2, 0) is 19.7 Å². The van der Waals surface area contributed by atoms with Gasteiger partial charge in [-0.2, -0.15) is 21.0 Å². The summed E-state index contributed by atoms with van der Waals surface area (Å²) in [5, 5.41) is 1.45. The first-order valence-electron chi connectivity index (χ1n) is 6.48. The fourth-order valence-corrected chi connectivity index (χ4v) is 2.40. The van der Waals surface area contributed by atoms with Crippen LogP contribution in [-0.4, -0.2) is 47.9 Å². The van der Waals surface area contributed by atoms with Crippen LogP contribution >= 0.6 is 12.6 Å². The molecule has 0 aromatic rings. The average Bonchev–Trinajstić information content (AvgIpc) is 2.38. The van der Waals surface area contributed by atoms with Gasteiger partial charge in [0.2, 0.25) is 11.8 Å². The van der Waals surface area contributed by atoms with Gasteiger partial charge in [-0.3, -0.25) is 14.1 Å². The normalized spacial score (nSPS) is 17.6. The predicted molar refractivity (Wildman–Crippen MR) is 82.4 cm³/mol. The number of rotatable bonds is 9. The number of carbonyl (C=O) groups is 2. The summed E-state index contributed by atoms with van der Waals surface area (Å²) in [6.07, 6.45) is 0.505. The monoisotopic (exact) mass is 341 g/mol. The SMILES string of the molecule is CC[C@H](C)[C@H](NC(=O)[C@@H](S)[C@H](N)CCS(=O)(=O)O)C(N)=O. The highest BCUT2D eigenvalue weighted by Gasteiger charge is 2.29. The van der Waals surface area contributed by atoms with Crippen LogP contribution in [0.4, 0.5) is 0 Å². The Morgan fingerprint density at radius 2 is 1.90 bits per heavy atom. The lowest BCUT2D eigenvalue weighted by molar-refractivity contribution is -0.128. The van der Waals surface area contributed by atoms with Gasteiger partial charge in [0.05, 0.1) is 11.0 Å². The van der Waals surface area contributed by atoms with Gasteiger partial charge in [0.25, 0.3) is 10.1 Å². The van der Waals surface area contributed by atoms with Crippen molar-refractivity contribution in [2.45, 2.75) is 44.0 Å². The van der Waals surface area contributed by atoms with Crippen molar-refractivity contribution in [1.82, 2.24) is 5.32 Å². The van der Waals surface area contributed by atoms with Crippen molar-refractivity contribution in [2.75, 3.05) is 5.75 Å². The summed E-state index contributed by atoms with van der Waals surface area (Å²) in [7, 11) is -4.15. The van der Waals surface area contributed by atoms with Crippen molar-refractivity contribution in [1.29, 1.82) is 0 Å². The fourth-order valence-electron chi connectivity index (χ4n) is 1.61. The Labute approximate surface area is 130 Å². The Morgan fingerprint density at radius 3 is 2.29 bits per heavy atom. The Hall–Kier alpha value is -0.840. The molecule has 8 nitrogen and oxygen atoms in total. The first-order valence-corrected chi connectivity index (χ1v) is 8.60. The summed E-state index contributed by atoms with van der Waals surface area (Å²) in [5.74, 6) is -1.99. The third-order valence-corrected chi connectivity index (χ3v) is 4.57. The van der Waals surface area contributed by atoms with Gasteiger partial charge >= 0.3 is 0 Å². The number of carbonyl (C=O) groups excluding carboxylic acids is 2. The predicted octanol–water partition coefficient (Wildman–Crippen LogP) is -1.09. The van der Waals surface area contributed by atoms with Crippen LogP contribution in [0.2, 0.25) is 0 Å². The van der Waals surface area contributed by atoms with Crippen molar-refractivity contribution in [3.05, 3.63) is 0 Å². The van der Waals surface area contributed by atoms with Crippen LogP contribution in [0, 0.1) is 5.92 Å². The Morgan fingerprint density at radius 1 is 1.38 bits per heavy atom. The molecule has 0 aromatic heterocycles. The summed E-state index contributed by atoms with van der Waals surface area (Å²) >= 11 is 4.02. The highest BCUT2D eigenvalue weighted by atomic mass is 32.2. The van der Waals surface area contributed by atoms with Crippen LogP contribution < -0.4 is 16.8 Å². The molecule has 124 valence electrons. The van der Waals surface area contributed by atoms with Crippen molar-refractivity contribution < 1.29 is 22.6 Å². The zero-order chi connectivity index (χ0) is 16.8. The molecule has 0 saturated heterocycles. The van der Waals surface area contributed by atoms with Crippen LogP contribution in [0.5, 0.6) is 0 Å². The van der Waals surface area contributed by atoms with Gasteiger partial charge < -0.3 is 16.8 Å². The standard InChI is InChI=1S/C11H23N3O5S2/c1-3-6(2)8(10(13)15)14-11(16)9(20)7(12)4-5-21(17,18)19/h6-9,20H,3-5,12H2,1-2H3,(H2,13,15)(H,14,16)(H,17,18,19)/t6-,7+,8-,9-/m0/s1. The van der Waals surface area contributed by atoms with Gasteiger partial charge in [-0.15, -0.1) is 0 Å². The van der Waals surface area contributed by atoms with E-state index in [1.807, 2.05) is 6.92 Å². The largest absolute Gasteiger partial charge is 0.368 e. The van der Waals surface area contributed by atoms with E-state index in [9.17, 15) is 18.0 Å². The molecule has 0 spiro atoms. The van der Waals surface area contributed by atoms with Crippen LogP contribution in [0.25, 0.3) is 0 Å². The molecule has 0 unspecified atom stereocenters. The molecule has 0 radical (unpaired) electrons. The molecule has 0 aliphatic heterocycles. The van der Waals surface area contributed by atoms with E-state index in [0.29, 0.717) is 6.42 Å². The number of amides is 2. The van der Waals surface area contributed by atoms with Crippen molar-refractivity contribution in [3.8, 4) is 0 Å². The Kier molecular flexibility index (Phi) is 8.22. The van der Waals surface area contributed by atoms with Crippen LogP contribution in [0.1, 0.15) is 26.7 Å². The van der Waals surface area contributed by atoms with Crippen molar-refractivity contribution in [2.24, 2.45) is 17.4 Å². The van der Waals surface area contributed by atoms with Crippen molar-refractivity contribution in [3.63, 3.8) is 0 Å². The van der Waals surface area contributed by atoms with E-state index >= 15 is 0 Å². The van der Waals surface area contributed by atoms with E-state index < -0.39 is 45.0 Å². The molecule has 0 aliphatic carbocycles. The van der Waals surface area contributed by atoms with E-state index in [4.69, 9.17) is 16.0 Å². The van der Waals surface area contributed by atoms with E-state index in [1.165, 1.54) is 0 Å². The summed E-state index contributed by atoms with van der Waals surface area (Å²) in [5.41, 5.74) is 10.9. The van der Waals surface area contributed by atoms with Gasteiger partial charge in [-0.25, -0.2) is 0 Å². The molecule has 0 bridgehead atoms. The molecule has 0 fully saturated rings. The molecule has 10 heteroatoms. The molecule has 0 rings (SSSR count). The first-order chi connectivity index (χ1) is 9.49. The van der Waals surface area contributed by atoms with Gasteiger partial charge in [0, 0.05) is 6.04 Å². The number of nitrogens with one attached hydrogen (secondary N) is 1. The smallest absolute Gasteiger partial charge is 0.264 e. The maximum absolute atomic E-state index is 12.0. The summed E-state index contributed by atoms with van der Waals surface area (Å²) < 4.78 is 29.9. The lowest BCUT2D eigenvalue weighted by Gasteiger charge is -2.24. The molecule has 0 aromatic carbocycles. The molecule has 0 aliphatic rings. The second-order valence-electron chi connectivity index (χ2n) is 4.96. The van der Waals surface area contributed by atoms with Gasteiger partial charge in [0.15, 0.2) is 0 Å². The van der Waals surface area contributed by atoms with Crippen molar-refractivity contribution >= 4 is 34.6 Å². The maximum Gasteiger partial charge on any atom is 0.264 e. The van der Waals surface area contributed by atoms with E-state index in [2.05, 4.69) is 17.9 Å². The topological polar surface area (TPSA) is 153 Å². The van der Waals surface area contributed by atoms with Crippen LogP contribution in [0.3, 0.4) is 0 Å². The van der Waals surface area contributed by atoms with E-state index in [1.54, 1.807) is 6.92 Å². The first kappa shape index (κ1) is 20.2. The van der Waals surface area contributed by atoms with Gasteiger partial charge in [-0.05, 0) is 12.3 Å². The number of hydrogen-bond acceptors (Lipinski definition) is 6. The Bertz CT molecular complexity index is 468. The number of nitrogens with two attached hydrogens (primary N) is 2. The molecular weight excluding hydrogens is 318 g/mol. The number of primary amides is 1. The molecule has 6 N–H and O–H groups in total. The third-order valence-electron chi connectivity index (χ3n) is 3.20. The molecule has 21 heavy (non-hydrogen) atoms.